The van der Waals surface area contributed by atoms with Crippen LogP contribution in [0.25, 0.3) is 0 Å². The van der Waals surface area contributed by atoms with Gasteiger partial charge in [-0.3, -0.25) is 9.69 Å². The van der Waals surface area contributed by atoms with Crippen molar-refractivity contribution in [3.05, 3.63) is 77.1 Å². The minimum Gasteiger partial charge on any atom is -0.467 e. The van der Waals surface area contributed by atoms with Gasteiger partial charge in [0, 0.05) is 5.69 Å². The van der Waals surface area contributed by atoms with Gasteiger partial charge in [-0.1, -0.05) is 18.2 Å². The Morgan fingerprint density at radius 1 is 1.05 bits per heavy atom. The van der Waals surface area contributed by atoms with E-state index in [9.17, 15) is 4.79 Å². The molecule has 5 heteroatoms. The Labute approximate surface area is 130 Å². The first-order chi connectivity index (χ1) is 10.2. The van der Waals surface area contributed by atoms with E-state index in [1.807, 2.05) is 36.4 Å². The Hall–Kier alpha value is -2.27. The number of amides is 1. The van der Waals surface area contributed by atoms with E-state index in [1.165, 1.54) is 0 Å². The first-order valence-corrected chi connectivity index (χ1v) is 7.18. The predicted molar refractivity (Wildman–Crippen MR) is 82.1 cm³/mol. The monoisotopic (exact) mass is 345 g/mol. The SMILES string of the molecule is O=C(c1ccc(Br)o1)N(Cc1ccco1)c1ccccc1. The van der Waals surface area contributed by atoms with E-state index in [2.05, 4.69) is 15.9 Å². The third-order valence-electron chi connectivity index (χ3n) is 2.99. The van der Waals surface area contributed by atoms with Crippen LogP contribution in [0.1, 0.15) is 16.3 Å². The highest BCUT2D eigenvalue weighted by Gasteiger charge is 2.21. The molecule has 0 fully saturated rings. The molecular formula is C16H12BrNO3. The van der Waals surface area contributed by atoms with E-state index in [-0.39, 0.29) is 11.7 Å². The lowest BCUT2D eigenvalue weighted by Crippen LogP contribution is -2.29. The number of anilines is 1. The van der Waals surface area contributed by atoms with Gasteiger partial charge in [-0.25, -0.2) is 0 Å². The van der Waals surface area contributed by atoms with Crippen LogP contribution in [0.15, 0.2) is 74.4 Å². The molecule has 0 saturated heterocycles. The molecule has 0 aliphatic rings. The van der Waals surface area contributed by atoms with Crippen molar-refractivity contribution < 1.29 is 13.6 Å². The molecule has 0 radical (unpaired) electrons. The summed E-state index contributed by atoms with van der Waals surface area (Å²) >= 11 is 3.21. The van der Waals surface area contributed by atoms with E-state index >= 15 is 0 Å². The first kappa shape index (κ1) is 13.7. The number of carbonyl (C=O) groups is 1. The normalized spacial score (nSPS) is 10.5. The molecule has 0 bridgehead atoms. The number of furan rings is 2. The van der Waals surface area contributed by atoms with Crippen molar-refractivity contribution in [2.24, 2.45) is 0 Å². The number of carbonyl (C=O) groups excluding carboxylic acids is 1. The van der Waals surface area contributed by atoms with E-state index in [1.54, 1.807) is 29.4 Å². The molecule has 2 heterocycles. The standard InChI is InChI=1S/C16H12BrNO3/c17-15-9-8-14(21-15)16(19)18(11-13-7-4-10-20-13)12-5-2-1-3-6-12/h1-10H,11H2. The summed E-state index contributed by atoms with van der Waals surface area (Å²) in [5.41, 5.74) is 0.784. The fourth-order valence-corrected chi connectivity index (χ4v) is 2.32. The van der Waals surface area contributed by atoms with Crippen LogP contribution in [0.2, 0.25) is 0 Å². The van der Waals surface area contributed by atoms with Crippen molar-refractivity contribution in [2.45, 2.75) is 6.54 Å². The van der Waals surface area contributed by atoms with Crippen LogP contribution in [-0.2, 0) is 6.54 Å². The Balaban J connectivity index is 1.94. The molecule has 4 nitrogen and oxygen atoms in total. The maximum atomic E-state index is 12.7. The number of para-hydroxylation sites is 1. The second-order valence-electron chi connectivity index (χ2n) is 4.41. The predicted octanol–water partition coefficient (Wildman–Crippen LogP) is 4.48. The van der Waals surface area contributed by atoms with Crippen LogP contribution in [0.4, 0.5) is 5.69 Å². The highest BCUT2D eigenvalue weighted by molar-refractivity contribution is 9.10. The number of rotatable bonds is 4. The number of hydrogen-bond donors (Lipinski definition) is 0. The molecule has 0 aliphatic heterocycles. The summed E-state index contributed by atoms with van der Waals surface area (Å²) in [4.78, 5) is 14.3. The van der Waals surface area contributed by atoms with Crippen LogP contribution < -0.4 is 4.90 Å². The van der Waals surface area contributed by atoms with Crippen molar-refractivity contribution in [1.82, 2.24) is 0 Å². The molecule has 21 heavy (non-hydrogen) atoms. The third-order valence-corrected chi connectivity index (χ3v) is 3.42. The van der Waals surface area contributed by atoms with E-state index < -0.39 is 0 Å². The maximum absolute atomic E-state index is 12.7. The van der Waals surface area contributed by atoms with Gasteiger partial charge in [0.25, 0.3) is 5.91 Å². The second-order valence-corrected chi connectivity index (χ2v) is 5.19. The Kier molecular flexibility index (Phi) is 3.92. The average molecular weight is 346 g/mol. The summed E-state index contributed by atoms with van der Waals surface area (Å²) in [5.74, 6) is 0.762. The molecule has 2 aromatic heterocycles. The van der Waals surface area contributed by atoms with Gasteiger partial charge < -0.3 is 8.83 Å². The van der Waals surface area contributed by atoms with Gasteiger partial charge in [-0.2, -0.15) is 0 Å². The Morgan fingerprint density at radius 3 is 2.48 bits per heavy atom. The lowest BCUT2D eigenvalue weighted by Gasteiger charge is -2.20. The number of nitrogens with zero attached hydrogens (tertiary/aromatic N) is 1. The highest BCUT2D eigenvalue weighted by atomic mass is 79.9. The zero-order valence-electron chi connectivity index (χ0n) is 11.0. The van der Waals surface area contributed by atoms with Gasteiger partial charge in [0.05, 0.1) is 12.8 Å². The summed E-state index contributed by atoms with van der Waals surface area (Å²) in [7, 11) is 0. The first-order valence-electron chi connectivity index (χ1n) is 6.38. The van der Waals surface area contributed by atoms with Crippen molar-refractivity contribution >= 4 is 27.5 Å². The quantitative estimate of drug-likeness (QED) is 0.700. The van der Waals surface area contributed by atoms with Crippen molar-refractivity contribution in [1.29, 1.82) is 0 Å². The molecule has 0 atom stereocenters. The summed E-state index contributed by atoms with van der Waals surface area (Å²) in [5, 5.41) is 0. The molecule has 0 N–H and O–H groups in total. The summed E-state index contributed by atoms with van der Waals surface area (Å²) in [6.07, 6.45) is 1.59. The van der Waals surface area contributed by atoms with Gasteiger partial charge >= 0.3 is 0 Å². The third kappa shape index (κ3) is 3.08. The number of halogens is 1. The topological polar surface area (TPSA) is 46.6 Å². The van der Waals surface area contributed by atoms with E-state index in [4.69, 9.17) is 8.83 Å². The van der Waals surface area contributed by atoms with Gasteiger partial charge in [-0.15, -0.1) is 0 Å². The fourth-order valence-electron chi connectivity index (χ4n) is 2.01. The van der Waals surface area contributed by atoms with Crippen LogP contribution >= 0.6 is 15.9 Å². The average Bonchev–Trinajstić information content (AvgIpc) is 3.16. The molecule has 0 aliphatic carbocycles. The van der Waals surface area contributed by atoms with Crippen LogP contribution in [-0.4, -0.2) is 5.91 Å². The lowest BCUT2D eigenvalue weighted by atomic mass is 10.2. The van der Waals surface area contributed by atoms with Gasteiger partial charge in [0.15, 0.2) is 10.4 Å². The molecule has 0 unspecified atom stereocenters. The van der Waals surface area contributed by atoms with Crippen LogP contribution in [0.3, 0.4) is 0 Å². The maximum Gasteiger partial charge on any atom is 0.294 e. The van der Waals surface area contributed by atoms with Gasteiger partial charge in [-0.05, 0) is 52.3 Å². The fraction of sp³-hybridized carbons (Fsp3) is 0.0625. The zero-order chi connectivity index (χ0) is 14.7. The Bertz CT molecular complexity index is 719. The van der Waals surface area contributed by atoms with Crippen LogP contribution in [0, 0.1) is 0 Å². The summed E-state index contributed by atoms with van der Waals surface area (Å²) < 4.78 is 11.2. The smallest absolute Gasteiger partial charge is 0.294 e. The second kappa shape index (κ2) is 6.01. The molecule has 3 rings (SSSR count). The van der Waals surface area contributed by atoms with Crippen molar-refractivity contribution in [3.63, 3.8) is 0 Å². The minimum absolute atomic E-state index is 0.219. The molecule has 3 aromatic rings. The molecule has 1 amide bonds. The lowest BCUT2D eigenvalue weighted by molar-refractivity contribution is 0.0955. The van der Waals surface area contributed by atoms with E-state index in [0.717, 1.165) is 5.69 Å². The molecule has 106 valence electrons. The molecule has 1 aromatic carbocycles. The van der Waals surface area contributed by atoms with Gasteiger partial charge in [0.1, 0.15) is 5.76 Å². The molecular weight excluding hydrogens is 334 g/mol. The molecule has 0 spiro atoms. The summed E-state index contributed by atoms with van der Waals surface area (Å²) in [6, 6.07) is 16.4. The zero-order valence-corrected chi connectivity index (χ0v) is 12.6. The summed E-state index contributed by atoms with van der Waals surface area (Å²) in [6.45, 7) is 0.341. The highest BCUT2D eigenvalue weighted by Crippen LogP contribution is 2.22. The number of benzene rings is 1. The minimum atomic E-state index is -0.219. The van der Waals surface area contributed by atoms with Crippen LogP contribution in [0.5, 0.6) is 0 Å². The number of hydrogen-bond acceptors (Lipinski definition) is 3. The van der Waals surface area contributed by atoms with Gasteiger partial charge in [0.2, 0.25) is 0 Å². The van der Waals surface area contributed by atoms with Crippen molar-refractivity contribution in [3.8, 4) is 0 Å². The van der Waals surface area contributed by atoms with Crippen molar-refractivity contribution in [2.75, 3.05) is 4.90 Å². The van der Waals surface area contributed by atoms with E-state index in [0.29, 0.717) is 17.0 Å². The largest absolute Gasteiger partial charge is 0.467 e. The molecule has 0 saturated carbocycles. The Morgan fingerprint density at radius 2 is 1.86 bits per heavy atom.